The summed E-state index contributed by atoms with van der Waals surface area (Å²) in [6, 6.07) is 8.30. The smallest absolute Gasteiger partial charge is 0.173 e. The number of halogens is 1. The van der Waals surface area contributed by atoms with E-state index < -0.39 is 0 Å². The van der Waals surface area contributed by atoms with Crippen molar-refractivity contribution in [3.63, 3.8) is 0 Å². The molecule has 1 aromatic rings. The van der Waals surface area contributed by atoms with Crippen LogP contribution in [0, 0.1) is 10.8 Å². The minimum absolute atomic E-state index is 0.401. The van der Waals surface area contributed by atoms with Gasteiger partial charge in [0.15, 0.2) is 5.11 Å². The Morgan fingerprint density at radius 2 is 1.90 bits per heavy atom. The topological polar surface area (TPSA) is 15.3 Å². The molecule has 4 heteroatoms. The number of nitrogens with one attached hydrogen (secondary N) is 1. The number of thiocarbonyl (C=S) groups is 1. The molecule has 114 valence electrons. The molecule has 0 amide bonds. The molecular formula is C17H23ClN2S. The van der Waals surface area contributed by atoms with E-state index >= 15 is 0 Å². The number of hydrogen-bond acceptors (Lipinski definition) is 1. The zero-order valence-electron chi connectivity index (χ0n) is 12.9. The molecule has 0 unspecified atom stereocenters. The third-order valence-electron chi connectivity index (χ3n) is 4.77. The zero-order valence-corrected chi connectivity index (χ0v) is 14.5. The van der Waals surface area contributed by atoms with Crippen LogP contribution in [-0.2, 0) is 0 Å². The summed E-state index contributed by atoms with van der Waals surface area (Å²) < 4.78 is 0. The molecule has 1 aliphatic carbocycles. The largest absolute Gasteiger partial charge is 0.345 e. The SMILES string of the molecule is CC1(C)C[C@@H]2C[C@](C)(CN2C(=S)Nc2ccc(Cl)cc2)C1. The molecule has 1 aromatic carbocycles. The first-order valence-electron chi connectivity index (χ1n) is 7.60. The normalized spacial score (nSPS) is 30.3. The van der Waals surface area contributed by atoms with Crippen LogP contribution in [0.5, 0.6) is 0 Å². The lowest BCUT2D eigenvalue weighted by Gasteiger charge is -2.39. The molecule has 2 nitrogen and oxygen atoms in total. The second-order valence-corrected chi connectivity index (χ2v) is 8.60. The molecular weight excluding hydrogens is 300 g/mol. The summed E-state index contributed by atoms with van der Waals surface area (Å²) in [6.07, 6.45) is 3.78. The van der Waals surface area contributed by atoms with Gasteiger partial charge in [-0.1, -0.05) is 32.4 Å². The van der Waals surface area contributed by atoms with Crippen molar-refractivity contribution >= 4 is 34.6 Å². The first-order valence-corrected chi connectivity index (χ1v) is 8.38. The van der Waals surface area contributed by atoms with Gasteiger partial charge in [-0.15, -0.1) is 0 Å². The van der Waals surface area contributed by atoms with Crippen LogP contribution in [0.1, 0.15) is 40.0 Å². The number of nitrogens with zero attached hydrogens (tertiary/aromatic N) is 1. The molecule has 3 rings (SSSR count). The molecule has 1 saturated carbocycles. The molecule has 1 heterocycles. The fraction of sp³-hybridized carbons (Fsp3) is 0.588. The van der Waals surface area contributed by atoms with Gasteiger partial charge in [0, 0.05) is 23.3 Å². The van der Waals surface area contributed by atoms with Crippen LogP contribution < -0.4 is 5.32 Å². The quantitative estimate of drug-likeness (QED) is 0.737. The standard InChI is InChI=1S/C17H23ClN2S/c1-16(2)8-14-9-17(3,10-16)11-20(14)15(21)19-13-6-4-12(18)5-7-13/h4-7,14H,8-11H2,1-3H3,(H,19,21)/t14-,17+/m1/s1. The van der Waals surface area contributed by atoms with E-state index in [0.29, 0.717) is 16.9 Å². The van der Waals surface area contributed by atoms with E-state index in [4.69, 9.17) is 23.8 Å². The van der Waals surface area contributed by atoms with Crippen molar-refractivity contribution in [2.75, 3.05) is 11.9 Å². The van der Waals surface area contributed by atoms with Crippen molar-refractivity contribution < 1.29 is 0 Å². The van der Waals surface area contributed by atoms with Crippen LogP contribution in [0.15, 0.2) is 24.3 Å². The fourth-order valence-electron chi connectivity index (χ4n) is 4.43. The number of rotatable bonds is 1. The highest BCUT2D eigenvalue weighted by Crippen LogP contribution is 2.52. The van der Waals surface area contributed by atoms with Gasteiger partial charge in [0.25, 0.3) is 0 Å². The van der Waals surface area contributed by atoms with E-state index in [1.165, 1.54) is 19.3 Å². The molecule has 1 aliphatic heterocycles. The molecule has 2 atom stereocenters. The van der Waals surface area contributed by atoms with Gasteiger partial charge in [0.2, 0.25) is 0 Å². The van der Waals surface area contributed by atoms with Crippen molar-refractivity contribution in [1.82, 2.24) is 4.90 Å². The van der Waals surface area contributed by atoms with Gasteiger partial charge < -0.3 is 10.2 Å². The van der Waals surface area contributed by atoms with Crippen molar-refractivity contribution in [3.05, 3.63) is 29.3 Å². The van der Waals surface area contributed by atoms with Crippen LogP contribution in [0.2, 0.25) is 5.02 Å². The fourth-order valence-corrected chi connectivity index (χ4v) is 4.88. The number of fused-ring (bicyclic) bond motifs is 2. The average molecular weight is 323 g/mol. The second-order valence-electron chi connectivity index (χ2n) is 7.78. The summed E-state index contributed by atoms with van der Waals surface area (Å²) in [5.74, 6) is 0. The van der Waals surface area contributed by atoms with E-state index in [2.05, 4.69) is 31.0 Å². The van der Waals surface area contributed by atoms with Gasteiger partial charge in [-0.25, -0.2) is 0 Å². The van der Waals surface area contributed by atoms with Gasteiger partial charge in [-0.05, 0) is 66.6 Å². The maximum atomic E-state index is 5.93. The number of anilines is 1. The van der Waals surface area contributed by atoms with Crippen LogP contribution in [-0.4, -0.2) is 22.6 Å². The second kappa shape index (κ2) is 5.13. The summed E-state index contributed by atoms with van der Waals surface area (Å²) in [4.78, 5) is 2.40. The molecule has 1 saturated heterocycles. The Morgan fingerprint density at radius 3 is 2.57 bits per heavy atom. The predicted molar refractivity (Wildman–Crippen MR) is 93.9 cm³/mol. The lowest BCUT2D eigenvalue weighted by atomic mass is 9.65. The summed E-state index contributed by atoms with van der Waals surface area (Å²) in [5, 5.41) is 4.97. The minimum Gasteiger partial charge on any atom is -0.345 e. The molecule has 2 fully saturated rings. The Kier molecular flexibility index (Phi) is 3.69. The molecule has 0 spiro atoms. The Balaban J connectivity index is 1.73. The van der Waals surface area contributed by atoms with E-state index in [1.807, 2.05) is 24.3 Å². The third-order valence-corrected chi connectivity index (χ3v) is 5.36. The maximum absolute atomic E-state index is 5.93. The molecule has 0 aromatic heterocycles. The lowest BCUT2D eigenvalue weighted by molar-refractivity contribution is 0.132. The number of benzene rings is 1. The summed E-state index contributed by atoms with van der Waals surface area (Å²) in [6.45, 7) is 8.25. The molecule has 21 heavy (non-hydrogen) atoms. The van der Waals surface area contributed by atoms with Crippen LogP contribution in [0.4, 0.5) is 5.69 Å². The number of likely N-dealkylation sites (tertiary alicyclic amines) is 1. The van der Waals surface area contributed by atoms with Gasteiger partial charge in [0.1, 0.15) is 0 Å². The Labute approximate surface area is 137 Å². The van der Waals surface area contributed by atoms with E-state index in [1.54, 1.807) is 0 Å². The molecule has 0 radical (unpaired) electrons. The van der Waals surface area contributed by atoms with E-state index in [-0.39, 0.29) is 0 Å². The lowest BCUT2D eigenvalue weighted by Crippen LogP contribution is -2.39. The Bertz CT molecular complexity index is 554. The Morgan fingerprint density at radius 1 is 1.24 bits per heavy atom. The first-order chi connectivity index (χ1) is 9.76. The van der Waals surface area contributed by atoms with Crippen LogP contribution in [0.25, 0.3) is 0 Å². The maximum Gasteiger partial charge on any atom is 0.173 e. The zero-order chi connectivity index (χ0) is 15.3. The molecule has 2 bridgehead atoms. The minimum atomic E-state index is 0.401. The summed E-state index contributed by atoms with van der Waals surface area (Å²) >= 11 is 11.6. The third kappa shape index (κ3) is 3.19. The van der Waals surface area contributed by atoms with Crippen LogP contribution >= 0.6 is 23.8 Å². The van der Waals surface area contributed by atoms with Gasteiger partial charge >= 0.3 is 0 Å². The molecule has 1 N–H and O–H groups in total. The van der Waals surface area contributed by atoms with Crippen molar-refractivity contribution in [2.24, 2.45) is 10.8 Å². The van der Waals surface area contributed by atoms with Crippen molar-refractivity contribution in [3.8, 4) is 0 Å². The van der Waals surface area contributed by atoms with Gasteiger partial charge in [0.05, 0.1) is 0 Å². The predicted octanol–water partition coefficient (Wildman–Crippen LogP) is 4.94. The number of hydrogen-bond donors (Lipinski definition) is 1. The Hall–Kier alpha value is -0.800. The van der Waals surface area contributed by atoms with E-state index in [9.17, 15) is 0 Å². The average Bonchev–Trinajstić information content (AvgIpc) is 2.61. The molecule has 2 aliphatic rings. The van der Waals surface area contributed by atoms with Crippen molar-refractivity contribution in [2.45, 2.75) is 46.1 Å². The highest BCUT2D eigenvalue weighted by atomic mass is 35.5. The highest BCUT2D eigenvalue weighted by molar-refractivity contribution is 7.80. The summed E-state index contributed by atoms with van der Waals surface area (Å²) in [5.41, 5.74) is 1.83. The van der Waals surface area contributed by atoms with Crippen LogP contribution in [0.3, 0.4) is 0 Å². The summed E-state index contributed by atoms with van der Waals surface area (Å²) in [7, 11) is 0. The highest BCUT2D eigenvalue weighted by Gasteiger charge is 2.50. The van der Waals surface area contributed by atoms with Crippen molar-refractivity contribution in [1.29, 1.82) is 0 Å². The van der Waals surface area contributed by atoms with Gasteiger partial charge in [-0.3, -0.25) is 0 Å². The van der Waals surface area contributed by atoms with Gasteiger partial charge in [-0.2, -0.15) is 0 Å². The van der Waals surface area contributed by atoms with E-state index in [0.717, 1.165) is 22.4 Å². The monoisotopic (exact) mass is 322 g/mol. The first kappa shape index (κ1) is 15.1.